The van der Waals surface area contributed by atoms with E-state index in [1.165, 1.54) is 18.2 Å². The molecule has 0 unspecified atom stereocenters. The molecular formula is C8H7ClO3. The Morgan fingerprint density at radius 2 is 2.08 bits per heavy atom. The summed E-state index contributed by atoms with van der Waals surface area (Å²) < 4.78 is 0. The molecule has 1 aromatic carbocycles. The van der Waals surface area contributed by atoms with Crippen LogP contribution in [-0.4, -0.2) is 21.9 Å². The van der Waals surface area contributed by atoms with E-state index in [4.69, 9.17) is 21.8 Å². The van der Waals surface area contributed by atoms with Gasteiger partial charge in [0.05, 0.1) is 11.4 Å². The van der Waals surface area contributed by atoms with Gasteiger partial charge in [0.1, 0.15) is 11.5 Å². The standard InChI is InChI=1S/C8H7ClO3/c9-4-8(12)6-3-5(10)1-2-7(6)11/h1-3,10-11H,4H2. The normalized spacial score (nSPS) is 9.75. The van der Waals surface area contributed by atoms with E-state index < -0.39 is 5.78 Å². The van der Waals surface area contributed by atoms with Crippen LogP contribution in [-0.2, 0) is 0 Å². The van der Waals surface area contributed by atoms with Crippen LogP contribution in [0, 0.1) is 0 Å². The fraction of sp³-hybridized carbons (Fsp3) is 0.125. The number of benzene rings is 1. The highest BCUT2D eigenvalue weighted by atomic mass is 35.5. The molecule has 0 saturated carbocycles. The maximum absolute atomic E-state index is 11.0. The molecule has 2 N–H and O–H groups in total. The molecule has 0 atom stereocenters. The van der Waals surface area contributed by atoms with Crippen molar-refractivity contribution in [2.75, 3.05) is 5.88 Å². The van der Waals surface area contributed by atoms with Gasteiger partial charge >= 0.3 is 0 Å². The third kappa shape index (κ3) is 1.68. The number of hydrogen-bond donors (Lipinski definition) is 2. The second-order valence-corrected chi connectivity index (χ2v) is 2.53. The fourth-order valence-corrected chi connectivity index (χ4v) is 0.963. The topological polar surface area (TPSA) is 57.5 Å². The number of rotatable bonds is 2. The number of phenolic OH excluding ortho intramolecular Hbond substituents is 2. The minimum Gasteiger partial charge on any atom is -0.508 e. The van der Waals surface area contributed by atoms with Crippen LogP contribution in [0.1, 0.15) is 10.4 Å². The minimum atomic E-state index is -0.412. The Labute approximate surface area is 74.2 Å². The number of carbonyl (C=O) groups excluding carboxylic acids is 1. The lowest BCUT2D eigenvalue weighted by atomic mass is 10.1. The van der Waals surface area contributed by atoms with Crippen LogP contribution in [0.3, 0.4) is 0 Å². The predicted molar refractivity (Wildman–Crippen MR) is 44.8 cm³/mol. The van der Waals surface area contributed by atoms with Crippen molar-refractivity contribution in [3.8, 4) is 11.5 Å². The summed E-state index contributed by atoms with van der Waals surface area (Å²) in [4.78, 5) is 11.0. The van der Waals surface area contributed by atoms with Crippen molar-refractivity contribution in [3.63, 3.8) is 0 Å². The Morgan fingerprint density at radius 3 is 2.67 bits per heavy atom. The lowest BCUT2D eigenvalue weighted by Gasteiger charge is -2.00. The summed E-state index contributed by atoms with van der Waals surface area (Å²) in [6.07, 6.45) is 0. The van der Waals surface area contributed by atoms with Gasteiger partial charge in [-0.1, -0.05) is 0 Å². The summed E-state index contributed by atoms with van der Waals surface area (Å²) in [6.45, 7) is 0. The molecule has 0 spiro atoms. The first-order chi connectivity index (χ1) is 5.65. The van der Waals surface area contributed by atoms with E-state index in [1.54, 1.807) is 0 Å². The van der Waals surface area contributed by atoms with Crippen molar-refractivity contribution in [3.05, 3.63) is 23.8 Å². The van der Waals surface area contributed by atoms with E-state index in [1.807, 2.05) is 0 Å². The van der Waals surface area contributed by atoms with Gasteiger partial charge in [-0.15, -0.1) is 11.6 Å². The summed E-state index contributed by atoms with van der Waals surface area (Å²) in [5.41, 5.74) is 0.0463. The van der Waals surface area contributed by atoms with Gasteiger partial charge < -0.3 is 10.2 Å². The molecule has 0 amide bonds. The zero-order chi connectivity index (χ0) is 9.14. The van der Waals surface area contributed by atoms with Gasteiger partial charge in [-0.3, -0.25) is 4.79 Å². The second kappa shape index (κ2) is 3.45. The van der Waals surface area contributed by atoms with Crippen molar-refractivity contribution in [2.45, 2.75) is 0 Å². The maximum Gasteiger partial charge on any atom is 0.181 e. The first-order valence-electron chi connectivity index (χ1n) is 3.26. The average Bonchev–Trinajstić information content (AvgIpc) is 2.08. The van der Waals surface area contributed by atoms with Crippen molar-refractivity contribution in [1.82, 2.24) is 0 Å². The number of ketones is 1. The lowest BCUT2D eigenvalue weighted by Crippen LogP contribution is -1.99. The smallest absolute Gasteiger partial charge is 0.181 e. The molecule has 1 aromatic rings. The highest BCUT2D eigenvalue weighted by Crippen LogP contribution is 2.22. The first-order valence-corrected chi connectivity index (χ1v) is 3.79. The number of alkyl halides is 1. The minimum absolute atomic E-state index is 0.0463. The fourth-order valence-electron chi connectivity index (χ4n) is 0.819. The number of aromatic hydroxyl groups is 2. The van der Waals surface area contributed by atoms with Crippen molar-refractivity contribution in [1.29, 1.82) is 0 Å². The number of hydrogen-bond acceptors (Lipinski definition) is 3. The molecular weight excluding hydrogens is 180 g/mol. The molecule has 4 heteroatoms. The van der Waals surface area contributed by atoms with Crippen LogP contribution in [0.25, 0.3) is 0 Å². The Balaban J connectivity index is 3.13. The van der Waals surface area contributed by atoms with Gasteiger partial charge in [0.2, 0.25) is 0 Å². The number of carbonyl (C=O) groups is 1. The summed E-state index contributed by atoms with van der Waals surface area (Å²) in [5.74, 6) is -0.860. The SMILES string of the molecule is O=C(CCl)c1cc(O)ccc1O. The molecule has 0 heterocycles. The Kier molecular flexibility index (Phi) is 2.55. The quantitative estimate of drug-likeness (QED) is 0.418. The molecule has 64 valence electrons. The second-order valence-electron chi connectivity index (χ2n) is 2.26. The molecule has 0 radical (unpaired) electrons. The Bertz CT molecular complexity index is 309. The highest BCUT2D eigenvalue weighted by Gasteiger charge is 2.09. The van der Waals surface area contributed by atoms with Crippen LogP contribution < -0.4 is 0 Å². The molecule has 1 rings (SSSR count). The molecule has 0 aliphatic rings. The van der Waals surface area contributed by atoms with Crippen LogP contribution in [0.2, 0.25) is 0 Å². The highest BCUT2D eigenvalue weighted by molar-refractivity contribution is 6.30. The molecule has 0 bridgehead atoms. The molecule has 0 aliphatic carbocycles. The van der Waals surface area contributed by atoms with Gasteiger partial charge in [-0.2, -0.15) is 0 Å². The Hall–Kier alpha value is -1.22. The van der Waals surface area contributed by atoms with Crippen molar-refractivity contribution < 1.29 is 15.0 Å². The van der Waals surface area contributed by atoms with E-state index in [2.05, 4.69) is 0 Å². The number of halogens is 1. The van der Waals surface area contributed by atoms with Crippen LogP contribution in [0.15, 0.2) is 18.2 Å². The van der Waals surface area contributed by atoms with Crippen molar-refractivity contribution >= 4 is 17.4 Å². The average molecular weight is 187 g/mol. The van der Waals surface area contributed by atoms with Gasteiger partial charge in [0.15, 0.2) is 5.78 Å². The van der Waals surface area contributed by atoms with Gasteiger partial charge in [0, 0.05) is 0 Å². The molecule has 0 fully saturated rings. The lowest BCUT2D eigenvalue weighted by molar-refractivity contribution is 0.101. The molecule has 3 nitrogen and oxygen atoms in total. The largest absolute Gasteiger partial charge is 0.508 e. The third-order valence-electron chi connectivity index (χ3n) is 1.40. The summed E-state index contributed by atoms with van der Waals surface area (Å²) in [6, 6.07) is 3.72. The van der Waals surface area contributed by atoms with E-state index in [9.17, 15) is 4.79 Å². The first kappa shape index (κ1) is 8.87. The zero-order valence-corrected chi connectivity index (χ0v) is 6.88. The van der Waals surface area contributed by atoms with Crippen LogP contribution in [0.5, 0.6) is 11.5 Å². The van der Waals surface area contributed by atoms with E-state index >= 15 is 0 Å². The van der Waals surface area contributed by atoms with E-state index in [-0.39, 0.29) is 22.9 Å². The summed E-state index contributed by atoms with van der Waals surface area (Å²) in [7, 11) is 0. The van der Waals surface area contributed by atoms with E-state index in [0.29, 0.717) is 0 Å². The molecule has 0 aliphatic heterocycles. The maximum atomic E-state index is 11.0. The molecule has 0 aromatic heterocycles. The Morgan fingerprint density at radius 1 is 1.42 bits per heavy atom. The number of Topliss-reactive ketones (excluding diaryl/α,β-unsaturated/α-hetero) is 1. The van der Waals surface area contributed by atoms with Crippen LogP contribution >= 0.6 is 11.6 Å². The molecule has 0 saturated heterocycles. The van der Waals surface area contributed by atoms with E-state index in [0.717, 1.165) is 0 Å². The third-order valence-corrected chi connectivity index (χ3v) is 1.64. The van der Waals surface area contributed by atoms with Gasteiger partial charge in [-0.25, -0.2) is 0 Å². The van der Waals surface area contributed by atoms with Crippen LogP contribution in [0.4, 0.5) is 0 Å². The monoisotopic (exact) mass is 186 g/mol. The van der Waals surface area contributed by atoms with Gasteiger partial charge in [-0.05, 0) is 18.2 Å². The van der Waals surface area contributed by atoms with Gasteiger partial charge in [0.25, 0.3) is 0 Å². The summed E-state index contributed by atoms with van der Waals surface area (Å²) >= 11 is 5.27. The number of phenols is 2. The summed E-state index contributed by atoms with van der Waals surface area (Å²) in [5, 5.41) is 18.1. The zero-order valence-electron chi connectivity index (χ0n) is 6.12. The predicted octanol–water partition coefficient (Wildman–Crippen LogP) is 1.52. The molecule has 12 heavy (non-hydrogen) atoms. The van der Waals surface area contributed by atoms with Crippen molar-refractivity contribution in [2.24, 2.45) is 0 Å².